The van der Waals surface area contributed by atoms with Crippen molar-refractivity contribution in [3.05, 3.63) is 108 Å². The maximum absolute atomic E-state index is 13.3. The van der Waals surface area contributed by atoms with Crippen molar-refractivity contribution in [2.75, 3.05) is 13.1 Å². The van der Waals surface area contributed by atoms with Gasteiger partial charge in [0.05, 0.1) is 13.0 Å². The highest BCUT2D eigenvalue weighted by Crippen LogP contribution is 2.14. The molecule has 1 heterocycles. The number of halogens is 1. The molecule has 1 aromatic heterocycles. The Balaban J connectivity index is 1.73. The summed E-state index contributed by atoms with van der Waals surface area (Å²) in [5.74, 6) is 0.675. The molecule has 0 N–H and O–H groups in total. The van der Waals surface area contributed by atoms with Crippen LogP contribution >= 0.6 is 0 Å². The summed E-state index contributed by atoms with van der Waals surface area (Å²) in [7, 11) is 0. The second kappa shape index (κ2) is 11.1. The van der Waals surface area contributed by atoms with Crippen LogP contribution in [0.4, 0.5) is 4.39 Å². The van der Waals surface area contributed by atoms with Crippen LogP contribution < -0.4 is 0 Å². The number of carbonyl (C=O) groups is 2. The van der Waals surface area contributed by atoms with Crippen molar-refractivity contribution in [3.63, 3.8) is 0 Å². The van der Waals surface area contributed by atoms with Gasteiger partial charge in [-0.2, -0.15) is 0 Å². The zero-order chi connectivity index (χ0) is 22.9. The number of aryl methyl sites for hydroxylation is 1. The van der Waals surface area contributed by atoms with E-state index < -0.39 is 0 Å². The molecule has 2 aromatic carbocycles. The molecule has 0 atom stereocenters. The molecule has 3 rings (SSSR count). The molecule has 0 aliphatic rings. The lowest BCUT2D eigenvalue weighted by atomic mass is 10.1. The molecular formula is C26H27FN2O3. The lowest BCUT2D eigenvalue weighted by Crippen LogP contribution is -2.43. The van der Waals surface area contributed by atoms with Gasteiger partial charge in [-0.05, 0) is 42.3 Å². The van der Waals surface area contributed by atoms with E-state index in [2.05, 4.69) is 6.58 Å². The minimum Gasteiger partial charge on any atom is -0.464 e. The third-order valence-corrected chi connectivity index (χ3v) is 5.01. The minimum absolute atomic E-state index is 0.0808. The van der Waals surface area contributed by atoms with E-state index in [-0.39, 0.29) is 37.1 Å². The molecule has 0 spiro atoms. The van der Waals surface area contributed by atoms with Gasteiger partial charge >= 0.3 is 0 Å². The van der Waals surface area contributed by atoms with Crippen molar-refractivity contribution >= 4 is 11.8 Å². The summed E-state index contributed by atoms with van der Waals surface area (Å²) in [5, 5.41) is 0. The van der Waals surface area contributed by atoms with Gasteiger partial charge in [0.1, 0.15) is 23.9 Å². The number of rotatable bonds is 10. The zero-order valence-electron chi connectivity index (χ0n) is 18.2. The third-order valence-electron chi connectivity index (χ3n) is 5.01. The number of furan rings is 1. The second-order valence-corrected chi connectivity index (χ2v) is 7.61. The first kappa shape index (κ1) is 23.0. The van der Waals surface area contributed by atoms with Crippen LogP contribution in [0.5, 0.6) is 0 Å². The highest BCUT2D eigenvalue weighted by molar-refractivity contribution is 5.86. The van der Waals surface area contributed by atoms with Gasteiger partial charge in [0.25, 0.3) is 0 Å². The fourth-order valence-corrected chi connectivity index (χ4v) is 3.36. The van der Waals surface area contributed by atoms with Gasteiger partial charge in [0, 0.05) is 13.1 Å². The summed E-state index contributed by atoms with van der Waals surface area (Å²) < 4.78 is 18.8. The van der Waals surface area contributed by atoms with Crippen LogP contribution in [0.2, 0.25) is 0 Å². The number of hydrogen-bond acceptors (Lipinski definition) is 3. The van der Waals surface area contributed by atoms with Crippen LogP contribution in [0.1, 0.15) is 22.6 Å². The van der Waals surface area contributed by atoms with Crippen LogP contribution in [-0.4, -0.2) is 34.7 Å². The minimum atomic E-state index is -0.357. The van der Waals surface area contributed by atoms with Crippen LogP contribution in [0, 0.1) is 12.7 Å². The Morgan fingerprint density at radius 2 is 1.62 bits per heavy atom. The van der Waals surface area contributed by atoms with Gasteiger partial charge in [0.2, 0.25) is 11.8 Å². The third kappa shape index (κ3) is 6.67. The van der Waals surface area contributed by atoms with Gasteiger partial charge in [-0.1, -0.05) is 48.5 Å². The molecule has 0 saturated carbocycles. The lowest BCUT2D eigenvalue weighted by molar-refractivity contribution is -0.140. The highest BCUT2D eigenvalue weighted by atomic mass is 19.1. The number of carbonyl (C=O) groups excluding carboxylic acids is 2. The predicted octanol–water partition coefficient (Wildman–Crippen LogP) is 4.51. The maximum Gasteiger partial charge on any atom is 0.242 e. The molecule has 0 aliphatic carbocycles. The van der Waals surface area contributed by atoms with E-state index in [4.69, 9.17) is 4.42 Å². The van der Waals surface area contributed by atoms with E-state index >= 15 is 0 Å². The highest BCUT2D eigenvalue weighted by Gasteiger charge is 2.22. The molecule has 6 heteroatoms. The summed E-state index contributed by atoms with van der Waals surface area (Å²) in [6.07, 6.45) is 1.67. The second-order valence-electron chi connectivity index (χ2n) is 7.61. The SMILES string of the molecule is C=CCN(CC(=O)N(Cc1ccccc1)Cc1ccc(C)o1)C(=O)Cc1ccc(F)cc1. The number of benzene rings is 2. The Morgan fingerprint density at radius 1 is 0.906 bits per heavy atom. The largest absolute Gasteiger partial charge is 0.464 e. The van der Waals surface area contributed by atoms with Gasteiger partial charge in [-0.25, -0.2) is 4.39 Å². The van der Waals surface area contributed by atoms with Crippen molar-refractivity contribution in [3.8, 4) is 0 Å². The summed E-state index contributed by atoms with van der Waals surface area (Å²) in [6, 6.07) is 19.2. The van der Waals surface area contributed by atoms with E-state index in [1.54, 1.807) is 23.1 Å². The fraction of sp³-hybridized carbons (Fsp3) is 0.231. The molecule has 3 aromatic rings. The molecule has 32 heavy (non-hydrogen) atoms. The Kier molecular flexibility index (Phi) is 7.97. The molecule has 0 aliphatic heterocycles. The first-order valence-electron chi connectivity index (χ1n) is 10.4. The van der Waals surface area contributed by atoms with Gasteiger partial charge in [-0.15, -0.1) is 6.58 Å². The van der Waals surface area contributed by atoms with Crippen molar-refractivity contribution in [2.45, 2.75) is 26.4 Å². The first-order chi connectivity index (χ1) is 15.4. The molecule has 0 bridgehead atoms. The molecular weight excluding hydrogens is 407 g/mol. The van der Waals surface area contributed by atoms with Crippen LogP contribution in [0.3, 0.4) is 0 Å². The average molecular weight is 435 g/mol. The number of nitrogens with zero attached hydrogens (tertiary/aromatic N) is 2. The van der Waals surface area contributed by atoms with Crippen molar-refractivity contribution in [1.29, 1.82) is 0 Å². The van der Waals surface area contributed by atoms with Gasteiger partial charge in [-0.3, -0.25) is 9.59 Å². The molecule has 166 valence electrons. The standard InChI is InChI=1S/C26H27FN2O3/c1-3-15-28(25(30)16-21-10-12-23(27)13-11-21)19-26(31)29(17-22-7-5-4-6-8-22)18-24-14-9-20(2)32-24/h3-14H,1,15-19H2,2H3. The monoisotopic (exact) mass is 434 g/mol. The predicted molar refractivity (Wildman–Crippen MR) is 121 cm³/mol. The molecule has 2 amide bonds. The van der Waals surface area contributed by atoms with Crippen LogP contribution in [0.15, 0.2) is 83.8 Å². The van der Waals surface area contributed by atoms with Crippen molar-refractivity contribution in [1.82, 2.24) is 9.80 Å². The van der Waals surface area contributed by atoms with E-state index in [1.807, 2.05) is 49.4 Å². The maximum atomic E-state index is 13.3. The quantitative estimate of drug-likeness (QED) is 0.441. The van der Waals surface area contributed by atoms with E-state index in [0.717, 1.165) is 11.3 Å². The van der Waals surface area contributed by atoms with Crippen LogP contribution in [0.25, 0.3) is 0 Å². The Bertz CT molecular complexity index is 1040. The van der Waals surface area contributed by atoms with Crippen molar-refractivity contribution < 1.29 is 18.4 Å². The normalized spacial score (nSPS) is 10.6. The summed E-state index contributed by atoms with van der Waals surface area (Å²) >= 11 is 0. The van der Waals surface area contributed by atoms with E-state index in [0.29, 0.717) is 24.4 Å². The number of amides is 2. The first-order valence-corrected chi connectivity index (χ1v) is 10.4. The van der Waals surface area contributed by atoms with E-state index in [1.165, 1.54) is 17.0 Å². The van der Waals surface area contributed by atoms with Gasteiger partial charge < -0.3 is 14.2 Å². The molecule has 0 fully saturated rings. The van der Waals surface area contributed by atoms with Crippen molar-refractivity contribution in [2.24, 2.45) is 0 Å². The number of hydrogen-bond donors (Lipinski definition) is 0. The van der Waals surface area contributed by atoms with Gasteiger partial charge in [0.15, 0.2) is 0 Å². The summed E-state index contributed by atoms with van der Waals surface area (Å²) in [4.78, 5) is 29.3. The Hall–Kier alpha value is -3.67. The Morgan fingerprint density at radius 3 is 2.25 bits per heavy atom. The molecule has 0 saturated heterocycles. The molecule has 0 unspecified atom stereocenters. The van der Waals surface area contributed by atoms with Crippen LogP contribution in [-0.2, 0) is 29.1 Å². The fourth-order valence-electron chi connectivity index (χ4n) is 3.36. The summed E-state index contributed by atoms with van der Waals surface area (Å²) in [5.41, 5.74) is 1.67. The average Bonchev–Trinajstić information content (AvgIpc) is 3.20. The zero-order valence-corrected chi connectivity index (χ0v) is 18.2. The smallest absolute Gasteiger partial charge is 0.242 e. The lowest BCUT2D eigenvalue weighted by Gasteiger charge is -2.27. The molecule has 0 radical (unpaired) electrons. The topological polar surface area (TPSA) is 53.8 Å². The summed E-state index contributed by atoms with van der Waals surface area (Å²) in [6.45, 7) is 6.42. The van der Waals surface area contributed by atoms with E-state index in [9.17, 15) is 14.0 Å². The Labute approximate surface area is 187 Å². The molecule has 5 nitrogen and oxygen atoms in total.